The van der Waals surface area contributed by atoms with Gasteiger partial charge in [0.25, 0.3) is 11.6 Å². The highest BCUT2D eigenvalue weighted by molar-refractivity contribution is 7.10. The second-order valence-corrected chi connectivity index (χ2v) is 10.4. The van der Waals surface area contributed by atoms with Crippen LogP contribution < -0.4 is 0 Å². The molecule has 9 heteroatoms. The molecule has 2 amide bonds. The van der Waals surface area contributed by atoms with Crippen molar-refractivity contribution in [3.63, 3.8) is 0 Å². The molecule has 0 bridgehead atoms. The Labute approximate surface area is 213 Å². The van der Waals surface area contributed by atoms with Gasteiger partial charge in [-0.2, -0.15) is 0 Å². The third-order valence-corrected chi connectivity index (χ3v) is 7.22. The third-order valence-electron chi connectivity index (χ3n) is 5.97. The molecule has 1 aliphatic rings. The second-order valence-electron chi connectivity index (χ2n) is 8.98. The number of halogens is 1. The van der Waals surface area contributed by atoms with Gasteiger partial charge in [-0.05, 0) is 53.1 Å². The van der Waals surface area contributed by atoms with Gasteiger partial charge in [0.05, 0.1) is 11.0 Å². The van der Waals surface area contributed by atoms with E-state index in [1.54, 1.807) is 17.4 Å². The maximum atomic E-state index is 13.7. The Morgan fingerprint density at radius 1 is 1.20 bits per heavy atom. The summed E-state index contributed by atoms with van der Waals surface area (Å²) in [5.74, 6) is -0.449. The van der Waals surface area contributed by atoms with Crippen molar-refractivity contribution in [1.82, 2.24) is 9.80 Å². The fraction of sp³-hybridized carbons (Fsp3) is 0.308. The van der Waals surface area contributed by atoms with E-state index >= 15 is 0 Å². The first-order chi connectivity index (χ1) is 16.7. The number of amides is 2. The van der Waals surface area contributed by atoms with E-state index in [1.807, 2.05) is 48.4 Å². The average Bonchev–Trinajstić information content (AvgIpc) is 3.32. The van der Waals surface area contributed by atoms with Gasteiger partial charge in [-0.3, -0.25) is 19.7 Å². The number of thiophene rings is 1. The summed E-state index contributed by atoms with van der Waals surface area (Å²) in [6.45, 7) is 4.72. The number of nitro benzene ring substituents is 1. The minimum Gasteiger partial charge on any atom is -0.330 e. The van der Waals surface area contributed by atoms with E-state index in [9.17, 15) is 19.7 Å². The number of non-ortho nitro benzene ring substituents is 1. The zero-order valence-corrected chi connectivity index (χ0v) is 21.1. The Hall–Kier alpha value is -3.23. The number of hydrogen-bond acceptors (Lipinski definition) is 5. The fourth-order valence-corrected chi connectivity index (χ4v) is 5.47. The predicted octanol–water partition coefficient (Wildman–Crippen LogP) is 5.58. The number of hydrogen-bond donors (Lipinski definition) is 0. The van der Waals surface area contributed by atoms with Crippen molar-refractivity contribution in [3.8, 4) is 0 Å². The summed E-state index contributed by atoms with van der Waals surface area (Å²) in [5.41, 5.74) is 2.09. The van der Waals surface area contributed by atoms with E-state index < -0.39 is 10.8 Å². The predicted molar refractivity (Wildman–Crippen MR) is 137 cm³/mol. The number of rotatable bonds is 7. The maximum Gasteiger partial charge on any atom is 0.270 e. The van der Waals surface area contributed by atoms with Gasteiger partial charge in [-0.15, -0.1) is 11.3 Å². The molecular formula is C26H26ClN3O4S. The quantitative estimate of drug-likeness (QED) is 0.306. The minimum atomic E-state index is -0.530. The molecule has 0 spiro atoms. The Balaban J connectivity index is 1.62. The lowest BCUT2D eigenvalue weighted by atomic mass is 9.93. The molecule has 7 nitrogen and oxygen atoms in total. The third kappa shape index (κ3) is 5.55. The van der Waals surface area contributed by atoms with Gasteiger partial charge in [0.1, 0.15) is 6.54 Å². The van der Waals surface area contributed by atoms with E-state index in [4.69, 9.17) is 11.6 Å². The molecule has 1 aromatic heterocycles. The van der Waals surface area contributed by atoms with Gasteiger partial charge >= 0.3 is 0 Å². The van der Waals surface area contributed by atoms with Crippen LogP contribution in [0.1, 0.15) is 46.3 Å². The van der Waals surface area contributed by atoms with Crippen molar-refractivity contribution in [2.75, 3.05) is 19.6 Å². The molecule has 0 aliphatic carbocycles. The molecule has 0 N–H and O–H groups in total. The molecule has 2 aromatic carbocycles. The van der Waals surface area contributed by atoms with Crippen LogP contribution in [0.4, 0.5) is 5.69 Å². The van der Waals surface area contributed by atoms with Gasteiger partial charge < -0.3 is 9.80 Å². The second kappa shape index (κ2) is 10.6. The van der Waals surface area contributed by atoms with Gasteiger partial charge in [-0.25, -0.2) is 0 Å². The average molecular weight is 512 g/mol. The van der Waals surface area contributed by atoms with Gasteiger partial charge in [0, 0.05) is 40.7 Å². The van der Waals surface area contributed by atoms with Crippen LogP contribution in [0.25, 0.3) is 0 Å². The maximum absolute atomic E-state index is 13.7. The van der Waals surface area contributed by atoms with Crippen molar-refractivity contribution < 1.29 is 14.5 Å². The first kappa shape index (κ1) is 24.9. The first-order valence-electron chi connectivity index (χ1n) is 11.4. The SMILES string of the molecule is CC(C)CN(CC(=O)N1CCc2sccc2C1c1ccc(Cl)cc1)C(=O)c1cccc([N+](=O)[O-])c1. The monoisotopic (exact) mass is 511 g/mol. The van der Waals surface area contributed by atoms with Crippen LogP contribution in [0.3, 0.4) is 0 Å². The molecule has 182 valence electrons. The summed E-state index contributed by atoms with van der Waals surface area (Å²) in [6, 6.07) is 14.9. The standard InChI is InChI=1S/C26H26ClN3O4S/c1-17(2)15-28(26(32)19-4-3-5-21(14-19)30(33)34)16-24(31)29-12-10-23-22(11-13-35-23)25(29)18-6-8-20(27)9-7-18/h3-9,11,13-14,17,25H,10,12,15-16H2,1-2H3. The molecule has 1 atom stereocenters. The molecule has 4 rings (SSSR count). The summed E-state index contributed by atoms with van der Waals surface area (Å²) in [6.07, 6.45) is 0.756. The lowest BCUT2D eigenvalue weighted by molar-refractivity contribution is -0.384. The molecule has 0 saturated carbocycles. The normalized spacial score (nSPS) is 15.1. The number of benzene rings is 2. The van der Waals surface area contributed by atoms with Crippen LogP contribution in [-0.2, 0) is 11.2 Å². The molecule has 1 aliphatic heterocycles. The first-order valence-corrected chi connectivity index (χ1v) is 12.6. The molecular weight excluding hydrogens is 486 g/mol. The minimum absolute atomic E-state index is 0.108. The van der Waals surface area contributed by atoms with Crippen LogP contribution in [0.5, 0.6) is 0 Å². The number of nitrogens with zero attached hydrogens (tertiary/aromatic N) is 3. The van der Waals surface area contributed by atoms with Crippen LogP contribution in [0.2, 0.25) is 5.02 Å². The van der Waals surface area contributed by atoms with Crippen molar-refractivity contribution in [2.24, 2.45) is 5.92 Å². The van der Waals surface area contributed by atoms with Crippen molar-refractivity contribution in [1.29, 1.82) is 0 Å². The summed E-state index contributed by atoms with van der Waals surface area (Å²) in [7, 11) is 0. The van der Waals surface area contributed by atoms with E-state index in [1.165, 1.54) is 28.0 Å². The van der Waals surface area contributed by atoms with E-state index in [0.29, 0.717) is 18.1 Å². The topological polar surface area (TPSA) is 83.8 Å². The van der Waals surface area contributed by atoms with Crippen molar-refractivity contribution in [2.45, 2.75) is 26.3 Å². The summed E-state index contributed by atoms with van der Waals surface area (Å²) < 4.78 is 0. The Bertz CT molecular complexity index is 1240. The molecule has 3 aromatic rings. The smallest absolute Gasteiger partial charge is 0.270 e. The number of carbonyl (C=O) groups excluding carboxylic acids is 2. The van der Waals surface area contributed by atoms with Crippen molar-refractivity contribution in [3.05, 3.63) is 96.7 Å². The Kier molecular flexibility index (Phi) is 7.52. The summed E-state index contributed by atoms with van der Waals surface area (Å²) >= 11 is 7.79. The number of carbonyl (C=O) groups is 2. The lowest BCUT2D eigenvalue weighted by Gasteiger charge is -2.38. The van der Waals surface area contributed by atoms with Gasteiger partial charge in [-0.1, -0.05) is 43.6 Å². The summed E-state index contributed by atoms with van der Waals surface area (Å²) in [4.78, 5) is 42.3. The highest BCUT2D eigenvalue weighted by Crippen LogP contribution is 2.38. The largest absolute Gasteiger partial charge is 0.330 e. The zero-order valence-electron chi connectivity index (χ0n) is 19.5. The van der Waals surface area contributed by atoms with Gasteiger partial charge in [0.2, 0.25) is 5.91 Å². The van der Waals surface area contributed by atoms with Crippen molar-refractivity contribution >= 4 is 40.4 Å². The number of nitro groups is 1. The number of fused-ring (bicyclic) bond motifs is 1. The molecule has 0 radical (unpaired) electrons. The van der Waals surface area contributed by atoms with Gasteiger partial charge in [0.15, 0.2) is 0 Å². The van der Waals surface area contributed by atoms with Crippen LogP contribution in [0.15, 0.2) is 60.0 Å². The molecule has 2 heterocycles. The Morgan fingerprint density at radius 2 is 1.94 bits per heavy atom. The molecule has 0 fully saturated rings. The summed E-state index contributed by atoms with van der Waals surface area (Å²) in [5, 5.41) is 13.9. The molecule has 0 saturated heterocycles. The van der Waals surface area contributed by atoms with E-state index in [0.717, 1.165) is 17.5 Å². The van der Waals surface area contributed by atoms with Crippen LogP contribution in [-0.4, -0.2) is 46.2 Å². The zero-order chi connectivity index (χ0) is 25.1. The molecule has 35 heavy (non-hydrogen) atoms. The highest BCUT2D eigenvalue weighted by Gasteiger charge is 2.34. The Morgan fingerprint density at radius 3 is 2.63 bits per heavy atom. The highest BCUT2D eigenvalue weighted by atomic mass is 35.5. The van der Waals surface area contributed by atoms with Crippen LogP contribution >= 0.6 is 22.9 Å². The fourth-order valence-electron chi connectivity index (χ4n) is 4.44. The molecule has 1 unspecified atom stereocenters. The van der Waals surface area contributed by atoms with E-state index in [2.05, 4.69) is 6.07 Å². The van der Waals surface area contributed by atoms with Crippen LogP contribution in [0, 0.1) is 16.0 Å². The lowest BCUT2D eigenvalue weighted by Crippen LogP contribution is -2.47. The van der Waals surface area contributed by atoms with E-state index in [-0.39, 0.29) is 35.7 Å².